The van der Waals surface area contributed by atoms with Gasteiger partial charge in [-0.25, -0.2) is 0 Å². The van der Waals surface area contributed by atoms with Gasteiger partial charge in [0.2, 0.25) is 5.91 Å². The van der Waals surface area contributed by atoms with E-state index in [1.165, 1.54) is 154 Å². The number of carbonyl (C=O) groups excluding carboxylic acids is 2. The van der Waals surface area contributed by atoms with Crippen LogP contribution >= 0.6 is 0 Å². The maximum absolute atomic E-state index is 13.2. The van der Waals surface area contributed by atoms with Gasteiger partial charge in [0.05, 0.1) is 25.2 Å². The van der Waals surface area contributed by atoms with E-state index in [0.717, 1.165) is 77.0 Å². The van der Waals surface area contributed by atoms with Crippen molar-refractivity contribution in [1.29, 1.82) is 0 Å². The largest absolute Gasteiger partial charge is 0.462 e. The van der Waals surface area contributed by atoms with E-state index in [1.54, 1.807) is 0 Å². The molecule has 0 saturated heterocycles. The van der Waals surface area contributed by atoms with Gasteiger partial charge >= 0.3 is 5.97 Å². The summed E-state index contributed by atoms with van der Waals surface area (Å²) >= 11 is 0. The first-order valence-electron chi connectivity index (χ1n) is 26.7. The van der Waals surface area contributed by atoms with Crippen LogP contribution in [0.25, 0.3) is 0 Å². The highest BCUT2D eigenvalue weighted by molar-refractivity contribution is 5.77. The Morgan fingerprint density at radius 3 is 1.34 bits per heavy atom. The quantitative estimate of drug-likeness (QED) is 0.0322. The Hall–Kier alpha value is -1.92. The molecule has 358 valence electrons. The summed E-state index contributed by atoms with van der Waals surface area (Å²) in [6, 6.07) is -0.703. The van der Waals surface area contributed by atoms with Gasteiger partial charge in [-0.15, -0.1) is 0 Å². The van der Waals surface area contributed by atoms with Crippen molar-refractivity contribution >= 4 is 11.9 Å². The molecule has 0 saturated carbocycles. The van der Waals surface area contributed by atoms with Crippen molar-refractivity contribution in [3.63, 3.8) is 0 Å². The standard InChI is InChI=1S/C55H103NO5/c1-4-7-10-13-16-19-22-25-27-29-31-34-37-40-43-46-51(61-55(60)48-45-42-39-36-33-30-26-23-20-17-14-11-8-5-2)49-54(59)56-52(50-57)53(58)47-44-41-38-35-32-28-24-21-18-15-12-9-6-3/h8,11,17,20,26,30,51-53,57-58H,4-7,9-10,12-16,18-19,21-25,27-29,31-50H2,1-3H3,(H,56,59)/b11-8+,20-17+,30-26+. The van der Waals surface area contributed by atoms with Gasteiger partial charge in [0.25, 0.3) is 0 Å². The van der Waals surface area contributed by atoms with Crippen LogP contribution in [0, 0.1) is 0 Å². The molecule has 3 atom stereocenters. The number of hydrogen-bond donors (Lipinski definition) is 3. The third-order valence-electron chi connectivity index (χ3n) is 12.2. The van der Waals surface area contributed by atoms with E-state index in [4.69, 9.17) is 4.74 Å². The number of aliphatic hydroxyl groups excluding tert-OH is 2. The van der Waals surface area contributed by atoms with Crippen LogP contribution < -0.4 is 5.32 Å². The molecule has 0 spiro atoms. The van der Waals surface area contributed by atoms with Crippen molar-refractivity contribution in [2.24, 2.45) is 0 Å². The van der Waals surface area contributed by atoms with E-state index in [-0.39, 0.29) is 24.9 Å². The molecule has 0 heterocycles. The summed E-state index contributed by atoms with van der Waals surface area (Å²) in [4.78, 5) is 26.2. The molecule has 0 aromatic carbocycles. The topological polar surface area (TPSA) is 95.9 Å². The lowest BCUT2D eigenvalue weighted by Gasteiger charge is -2.24. The normalized spacial score (nSPS) is 13.5. The lowest BCUT2D eigenvalue weighted by molar-refractivity contribution is -0.151. The number of amides is 1. The van der Waals surface area contributed by atoms with Gasteiger partial charge in [0.15, 0.2) is 0 Å². The summed E-state index contributed by atoms with van der Waals surface area (Å²) in [6.45, 7) is 6.39. The first-order valence-corrected chi connectivity index (χ1v) is 26.7. The molecule has 0 aliphatic heterocycles. The number of hydrogen-bond acceptors (Lipinski definition) is 5. The monoisotopic (exact) mass is 858 g/mol. The molecule has 0 aromatic heterocycles. The summed E-state index contributed by atoms with van der Waals surface area (Å²) in [5, 5.41) is 23.8. The highest BCUT2D eigenvalue weighted by atomic mass is 16.5. The summed E-state index contributed by atoms with van der Waals surface area (Å²) in [5.41, 5.74) is 0. The SMILES string of the molecule is CC/C=C/C/C=C/C/C=C/CCCCCCC(=O)OC(CCCCCCCCCCCCCCCCC)CC(=O)NC(CO)C(O)CCCCCCCCCCCCCCC. The molecule has 3 unspecified atom stereocenters. The average Bonchev–Trinajstić information content (AvgIpc) is 3.25. The van der Waals surface area contributed by atoms with Gasteiger partial charge in [0, 0.05) is 6.42 Å². The Morgan fingerprint density at radius 1 is 0.492 bits per heavy atom. The molecule has 6 nitrogen and oxygen atoms in total. The van der Waals surface area contributed by atoms with Crippen LogP contribution in [0.15, 0.2) is 36.5 Å². The molecule has 0 fully saturated rings. The Bertz CT molecular complexity index is 1010. The molecule has 3 N–H and O–H groups in total. The molecule has 6 heteroatoms. The number of aliphatic hydroxyl groups is 2. The summed E-state index contributed by atoms with van der Waals surface area (Å²) in [7, 11) is 0. The van der Waals surface area contributed by atoms with Gasteiger partial charge in [-0.2, -0.15) is 0 Å². The number of carbonyl (C=O) groups is 2. The van der Waals surface area contributed by atoms with Gasteiger partial charge in [-0.1, -0.05) is 243 Å². The minimum atomic E-state index is -0.788. The third kappa shape index (κ3) is 44.5. The fourth-order valence-electron chi connectivity index (χ4n) is 8.21. The minimum absolute atomic E-state index is 0.0727. The molecule has 0 radical (unpaired) electrons. The van der Waals surface area contributed by atoms with Crippen molar-refractivity contribution in [1.82, 2.24) is 5.32 Å². The van der Waals surface area contributed by atoms with Crippen LogP contribution in [-0.2, 0) is 14.3 Å². The van der Waals surface area contributed by atoms with Gasteiger partial charge < -0.3 is 20.3 Å². The Morgan fingerprint density at radius 2 is 0.885 bits per heavy atom. The zero-order chi connectivity index (χ0) is 44.5. The van der Waals surface area contributed by atoms with E-state index >= 15 is 0 Å². The van der Waals surface area contributed by atoms with Crippen molar-refractivity contribution in [3.8, 4) is 0 Å². The van der Waals surface area contributed by atoms with E-state index < -0.39 is 18.2 Å². The van der Waals surface area contributed by atoms with Crippen LogP contribution in [0.5, 0.6) is 0 Å². The molecule has 61 heavy (non-hydrogen) atoms. The fraction of sp³-hybridized carbons (Fsp3) is 0.855. The summed E-state index contributed by atoms with van der Waals surface area (Å²) in [6.07, 6.45) is 57.7. The molecule has 0 rings (SSSR count). The van der Waals surface area contributed by atoms with Crippen LogP contribution in [0.2, 0.25) is 0 Å². The Balaban J connectivity index is 4.58. The van der Waals surface area contributed by atoms with Crippen molar-refractivity contribution in [2.75, 3.05) is 6.61 Å². The number of ether oxygens (including phenoxy) is 1. The second-order valence-corrected chi connectivity index (χ2v) is 18.3. The summed E-state index contributed by atoms with van der Waals surface area (Å²) in [5.74, 6) is -0.487. The van der Waals surface area contributed by atoms with Crippen LogP contribution in [0.3, 0.4) is 0 Å². The van der Waals surface area contributed by atoms with Crippen molar-refractivity contribution < 1.29 is 24.5 Å². The van der Waals surface area contributed by atoms with Gasteiger partial charge in [-0.05, 0) is 57.8 Å². The first kappa shape index (κ1) is 59.1. The predicted octanol–water partition coefficient (Wildman–Crippen LogP) is 16.1. The second-order valence-electron chi connectivity index (χ2n) is 18.3. The molecular weight excluding hydrogens is 755 g/mol. The number of rotatable bonds is 48. The lowest BCUT2D eigenvalue weighted by Crippen LogP contribution is -2.46. The highest BCUT2D eigenvalue weighted by Gasteiger charge is 2.24. The second kappa shape index (κ2) is 49.1. The van der Waals surface area contributed by atoms with E-state index in [2.05, 4.69) is 62.5 Å². The number of nitrogens with one attached hydrogen (secondary N) is 1. The minimum Gasteiger partial charge on any atom is -0.462 e. The van der Waals surface area contributed by atoms with E-state index in [0.29, 0.717) is 19.3 Å². The molecule has 1 amide bonds. The van der Waals surface area contributed by atoms with Crippen LogP contribution in [0.4, 0.5) is 0 Å². The van der Waals surface area contributed by atoms with E-state index in [9.17, 15) is 19.8 Å². The molecule has 0 bridgehead atoms. The zero-order valence-corrected chi connectivity index (χ0v) is 40.8. The van der Waals surface area contributed by atoms with Crippen LogP contribution in [0.1, 0.15) is 278 Å². The molecule has 0 aliphatic rings. The van der Waals surface area contributed by atoms with Crippen molar-refractivity contribution in [3.05, 3.63) is 36.5 Å². The number of esters is 1. The molecule has 0 aromatic rings. The predicted molar refractivity (Wildman–Crippen MR) is 264 cm³/mol. The Labute approximate surface area is 379 Å². The summed E-state index contributed by atoms with van der Waals surface area (Å²) < 4.78 is 5.94. The highest BCUT2D eigenvalue weighted by Crippen LogP contribution is 2.18. The molecule has 0 aliphatic carbocycles. The van der Waals surface area contributed by atoms with Gasteiger partial charge in [0.1, 0.15) is 6.10 Å². The first-order chi connectivity index (χ1) is 30.0. The number of allylic oxidation sites excluding steroid dienone is 6. The van der Waals surface area contributed by atoms with Crippen molar-refractivity contribution in [2.45, 2.75) is 296 Å². The zero-order valence-electron chi connectivity index (χ0n) is 40.8. The maximum atomic E-state index is 13.2. The lowest BCUT2D eigenvalue weighted by atomic mass is 10.0. The average molecular weight is 858 g/mol. The maximum Gasteiger partial charge on any atom is 0.306 e. The smallest absolute Gasteiger partial charge is 0.306 e. The van der Waals surface area contributed by atoms with E-state index in [1.807, 2.05) is 0 Å². The van der Waals surface area contributed by atoms with Crippen LogP contribution in [-0.4, -0.2) is 46.9 Å². The van der Waals surface area contributed by atoms with Gasteiger partial charge in [-0.3, -0.25) is 9.59 Å². The Kier molecular flexibility index (Phi) is 47.6. The fourth-order valence-corrected chi connectivity index (χ4v) is 8.21. The third-order valence-corrected chi connectivity index (χ3v) is 12.2. The molecular formula is C55H103NO5. The number of unbranched alkanes of at least 4 members (excludes halogenated alkanes) is 30.